The van der Waals surface area contributed by atoms with Crippen LogP contribution in [0.25, 0.3) is 0 Å². The fraction of sp³-hybridized carbons (Fsp3) is 0.407. The summed E-state index contributed by atoms with van der Waals surface area (Å²) in [6.45, 7) is 7.45. The molecule has 2 atom stereocenters. The highest BCUT2D eigenvalue weighted by atomic mass is 16.5. The van der Waals surface area contributed by atoms with Gasteiger partial charge in [-0.2, -0.15) is 0 Å². The summed E-state index contributed by atoms with van der Waals surface area (Å²) in [6, 6.07) is 15.8. The first kappa shape index (κ1) is 22.1. The second-order valence-corrected chi connectivity index (χ2v) is 9.00. The lowest BCUT2D eigenvalue weighted by Gasteiger charge is -2.34. The first-order chi connectivity index (χ1) is 15.4. The Labute approximate surface area is 189 Å². The van der Waals surface area contributed by atoms with Gasteiger partial charge in [0.15, 0.2) is 5.78 Å². The molecule has 0 bridgehead atoms. The molecule has 0 spiro atoms. The van der Waals surface area contributed by atoms with Crippen molar-refractivity contribution in [2.45, 2.75) is 51.9 Å². The molecule has 168 valence electrons. The van der Waals surface area contributed by atoms with E-state index in [-0.39, 0.29) is 23.5 Å². The zero-order valence-electron chi connectivity index (χ0n) is 19.0. The number of ketones is 1. The number of hydrogen-bond donors (Lipinski definition) is 1. The number of carbonyl (C=O) groups excluding carboxylic acids is 2. The van der Waals surface area contributed by atoms with Crippen LogP contribution in [-0.4, -0.2) is 24.9 Å². The Kier molecular flexibility index (Phi) is 6.63. The van der Waals surface area contributed by atoms with Gasteiger partial charge in [-0.1, -0.05) is 38.1 Å². The molecule has 0 aromatic heterocycles. The smallest absolute Gasteiger partial charge is 0.225 e. The third kappa shape index (κ3) is 4.87. The van der Waals surface area contributed by atoms with Crippen molar-refractivity contribution in [1.29, 1.82) is 0 Å². The van der Waals surface area contributed by atoms with E-state index in [2.05, 4.69) is 19.2 Å². The Hall–Kier alpha value is -3.08. The zero-order valence-corrected chi connectivity index (χ0v) is 19.0. The van der Waals surface area contributed by atoms with E-state index in [9.17, 15) is 9.59 Å². The van der Waals surface area contributed by atoms with Crippen LogP contribution < -0.4 is 14.8 Å². The number of hydrogen-bond acceptors (Lipinski definition) is 4. The number of allylic oxidation sites excluding steroid dienone is 2. The van der Waals surface area contributed by atoms with Crippen molar-refractivity contribution in [2.24, 2.45) is 5.92 Å². The van der Waals surface area contributed by atoms with Gasteiger partial charge in [0, 0.05) is 30.0 Å². The number of carbonyl (C=O) groups is 2. The van der Waals surface area contributed by atoms with Crippen LogP contribution in [0.5, 0.6) is 11.5 Å². The molecule has 1 aliphatic heterocycles. The second-order valence-electron chi connectivity index (χ2n) is 9.00. The summed E-state index contributed by atoms with van der Waals surface area (Å²) >= 11 is 0. The topological polar surface area (TPSA) is 64.6 Å². The van der Waals surface area contributed by atoms with Gasteiger partial charge in [-0.15, -0.1) is 0 Å². The van der Waals surface area contributed by atoms with Crippen molar-refractivity contribution in [3.63, 3.8) is 0 Å². The van der Waals surface area contributed by atoms with Crippen LogP contribution >= 0.6 is 0 Å². The van der Waals surface area contributed by atoms with Crippen molar-refractivity contribution in [2.75, 3.05) is 13.2 Å². The first-order valence-corrected chi connectivity index (χ1v) is 11.5. The molecule has 5 nitrogen and oxygen atoms in total. The maximum Gasteiger partial charge on any atom is 0.225 e. The highest BCUT2D eigenvalue weighted by Gasteiger charge is 2.38. The molecule has 0 saturated carbocycles. The highest BCUT2D eigenvalue weighted by molar-refractivity contribution is 6.02. The standard InChI is InChI=1S/C27H31NO4/c1-4-31-21-9-5-18(6-10-21)20-13-24-27(25(29)14-20)23(15-26(30)28-24)19-7-11-22(12-8-19)32-16-17(2)3/h5-12,17,20,23H,4,13-16H2,1-3H3,(H,28,30). The Morgan fingerprint density at radius 2 is 1.50 bits per heavy atom. The second kappa shape index (κ2) is 9.60. The van der Waals surface area contributed by atoms with E-state index in [4.69, 9.17) is 9.47 Å². The molecule has 1 aliphatic carbocycles. The van der Waals surface area contributed by atoms with Crippen molar-refractivity contribution in [1.82, 2.24) is 5.32 Å². The molecule has 2 aromatic rings. The van der Waals surface area contributed by atoms with Gasteiger partial charge in [0.2, 0.25) is 5.91 Å². The van der Waals surface area contributed by atoms with Crippen LogP contribution in [0.2, 0.25) is 0 Å². The van der Waals surface area contributed by atoms with Gasteiger partial charge in [-0.25, -0.2) is 0 Å². The number of benzene rings is 2. The SMILES string of the molecule is CCOc1ccc(C2CC(=O)C3=C(C2)NC(=O)CC3c2ccc(OCC(C)C)cc2)cc1. The summed E-state index contributed by atoms with van der Waals surface area (Å²) in [6.07, 6.45) is 1.41. The molecule has 1 heterocycles. The van der Waals surface area contributed by atoms with E-state index < -0.39 is 0 Å². The Morgan fingerprint density at radius 3 is 2.12 bits per heavy atom. The molecule has 4 rings (SSSR count). The highest BCUT2D eigenvalue weighted by Crippen LogP contribution is 2.43. The molecule has 2 aromatic carbocycles. The molecule has 5 heteroatoms. The molecule has 0 radical (unpaired) electrons. The van der Waals surface area contributed by atoms with Gasteiger partial charge in [-0.05, 0) is 60.6 Å². The van der Waals surface area contributed by atoms with E-state index in [1.54, 1.807) is 0 Å². The average Bonchev–Trinajstić information content (AvgIpc) is 2.78. The summed E-state index contributed by atoms with van der Waals surface area (Å²) in [5.74, 6) is 2.03. The molecule has 2 aliphatic rings. The van der Waals surface area contributed by atoms with Crippen LogP contribution in [0.3, 0.4) is 0 Å². The number of Topliss-reactive ketones (excluding diaryl/α,β-unsaturated/α-hetero) is 1. The van der Waals surface area contributed by atoms with Gasteiger partial charge in [0.1, 0.15) is 11.5 Å². The van der Waals surface area contributed by atoms with Crippen LogP contribution in [-0.2, 0) is 9.59 Å². The van der Waals surface area contributed by atoms with Gasteiger partial charge in [0.25, 0.3) is 0 Å². The molecule has 32 heavy (non-hydrogen) atoms. The molecule has 1 amide bonds. The third-order valence-electron chi connectivity index (χ3n) is 6.06. The van der Waals surface area contributed by atoms with E-state index in [1.807, 2.05) is 55.5 Å². The van der Waals surface area contributed by atoms with E-state index in [1.165, 1.54) is 0 Å². The van der Waals surface area contributed by atoms with Crippen molar-refractivity contribution < 1.29 is 19.1 Å². The summed E-state index contributed by atoms with van der Waals surface area (Å²) in [5.41, 5.74) is 3.62. The fourth-order valence-corrected chi connectivity index (χ4v) is 4.54. The molecule has 0 saturated heterocycles. The Balaban J connectivity index is 1.56. The lowest BCUT2D eigenvalue weighted by molar-refractivity contribution is -0.122. The van der Waals surface area contributed by atoms with Crippen LogP contribution in [0.4, 0.5) is 0 Å². The summed E-state index contributed by atoms with van der Waals surface area (Å²) in [4.78, 5) is 25.8. The first-order valence-electron chi connectivity index (χ1n) is 11.5. The fourth-order valence-electron chi connectivity index (χ4n) is 4.54. The van der Waals surface area contributed by atoms with Crippen molar-refractivity contribution in [3.8, 4) is 11.5 Å². The maximum absolute atomic E-state index is 13.3. The van der Waals surface area contributed by atoms with Crippen molar-refractivity contribution in [3.05, 3.63) is 70.9 Å². The number of nitrogens with one attached hydrogen (secondary N) is 1. The summed E-state index contributed by atoms with van der Waals surface area (Å²) in [7, 11) is 0. The van der Waals surface area contributed by atoms with Crippen molar-refractivity contribution >= 4 is 11.7 Å². The lowest BCUT2D eigenvalue weighted by Crippen LogP contribution is -2.38. The van der Waals surface area contributed by atoms with Crippen LogP contribution in [0.15, 0.2) is 59.8 Å². The normalized spacial score (nSPS) is 20.8. The molecular formula is C27H31NO4. The minimum Gasteiger partial charge on any atom is -0.494 e. The molecule has 1 N–H and O–H groups in total. The largest absolute Gasteiger partial charge is 0.494 e. The van der Waals surface area contributed by atoms with Gasteiger partial charge in [-0.3, -0.25) is 9.59 Å². The molecular weight excluding hydrogens is 402 g/mol. The third-order valence-corrected chi connectivity index (χ3v) is 6.06. The lowest BCUT2D eigenvalue weighted by atomic mass is 9.73. The van der Waals surface area contributed by atoms with Crippen LogP contribution in [0.1, 0.15) is 63.0 Å². The maximum atomic E-state index is 13.3. The summed E-state index contributed by atoms with van der Waals surface area (Å²) < 4.78 is 11.3. The van der Waals surface area contributed by atoms with E-state index >= 15 is 0 Å². The molecule has 0 fully saturated rings. The Morgan fingerprint density at radius 1 is 0.875 bits per heavy atom. The predicted octanol–water partition coefficient (Wildman–Crippen LogP) is 5.12. The van der Waals surface area contributed by atoms with E-state index in [0.717, 1.165) is 33.9 Å². The Bertz CT molecular complexity index is 1000. The monoisotopic (exact) mass is 433 g/mol. The number of ether oxygens (including phenoxy) is 2. The predicted molar refractivity (Wildman–Crippen MR) is 124 cm³/mol. The minimum absolute atomic E-state index is 0.0333. The number of amides is 1. The zero-order chi connectivity index (χ0) is 22.7. The van der Waals surface area contributed by atoms with Gasteiger partial charge >= 0.3 is 0 Å². The quantitative estimate of drug-likeness (QED) is 0.658. The van der Waals surface area contributed by atoms with E-state index in [0.29, 0.717) is 38.4 Å². The minimum atomic E-state index is -0.202. The van der Waals surface area contributed by atoms with Gasteiger partial charge < -0.3 is 14.8 Å². The van der Waals surface area contributed by atoms with Crippen LogP contribution in [0, 0.1) is 5.92 Å². The number of rotatable bonds is 7. The van der Waals surface area contributed by atoms with Gasteiger partial charge in [0.05, 0.1) is 13.2 Å². The average molecular weight is 434 g/mol. The molecule has 2 unspecified atom stereocenters. The summed E-state index contributed by atoms with van der Waals surface area (Å²) in [5, 5.41) is 2.99.